The van der Waals surface area contributed by atoms with Crippen molar-refractivity contribution in [3.05, 3.63) is 95.4 Å². The number of benzene rings is 2. The van der Waals surface area contributed by atoms with Crippen molar-refractivity contribution in [3.8, 4) is 22.6 Å². The predicted octanol–water partition coefficient (Wildman–Crippen LogP) is 6.89. The third kappa shape index (κ3) is 5.60. The van der Waals surface area contributed by atoms with Crippen molar-refractivity contribution in [1.29, 1.82) is 0 Å². The highest BCUT2D eigenvalue weighted by Crippen LogP contribution is 2.31. The molecule has 36 heavy (non-hydrogen) atoms. The Hall–Kier alpha value is -3.23. The molecule has 4 nitrogen and oxygen atoms in total. The summed E-state index contributed by atoms with van der Waals surface area (Å²) in [5, 5.41) is 0. The molecule has 0 fully saturated rings. The van der Waals surface area contributed by atoms with Gasteiger partial charge in [0.2, 0.25) is 0 Å². The maximum Gasteiger partial charge on any atom is 0.416 e. The van der Waals surface area contributed by atoms with Gasteiger partial charge in [-0.2, -0.15) is 13.2 Å². The number of fused-ring (bicyclic) bond motifs is 1. The van der Waals surface area contributed by atoms with E-state index in [-0.39, 0.29) is 0 Å². The minimum atomic E-state index is -4.35. The van der Waals surface area contributed by atoms with E-state index < -0.39 is 11.7 Å². The van der Waals surface area contributed by atoms with E-state index in [1.165, 1.54) is 17.0 Å². The Morgan fingerprint density at radius 3 is 2.31 bits per heavy atom. The monoisotopic (exact) mass is 506 g/mol. The largest absolute Gasteiger partial charge is 0.416 e. The zero-order chi connectivity index (χ0) is 25.1. The first-order chi connectivity index (χ1) is 17.4. The normalized spacial score (nSPS) is 14.0. The quantitative estimate of drug-likeness (QED) is 0.266. The van der Waals surface area contributed by atoms with Crippen molar-refractivity contribution < 1.29 is 13.2 Å². The average molecular weight is 507 g/mol. The van der Waals surface area contributed by atoms with Crippen LogP contribution in [0.5, 0.6) is 0 Å². The SMILES string of the molecule is CCSc1ccc(-c2ccc(CN3CCc4nc(-c5ccc(C(F)(F)F)cc5)ncc4C3)cn2)cc1. The first-order valence-electron chi connectivity index (χ1n) is 11.8. The molecule has 0 saturated carbocycles. The number of hydrogen-bond acceptors (Lipinski definition) is 5. The Labute approximate surface area is 212 Å². The van der Waals surface area contributed by atoms with Crippen molar-refractivity contribution in [2.45, 2.75) is 37.5 Å². The van der Waals surface area contributed by atoms with Crippen LogP contribution in [-0.2, 0) is 25.7 Å². The highest BCUT2D eigenvalue weighted by molar-refractivity contribution is 7.99. The lowest BCUT2D eigenvalue weighted by Crippen LogP contribution is -2.31. The van der Waals surface area contributed by atoms with Crippen LogP contribution in [0.25, 0.3) is 22.6 Å². The van der Waals surface area contributed by atoms with Crippen LogP contribution >= 0.6 is 11.8 Å². The molecular formula is C28H25F3N4S. The predicted molar refractivity (Wildman–Crippen MR) is 136 cm³/mol. The molecule has 2 aromatic carbocycles. The van der Waals surface area contributed by atoms with Gasteiger partial charge in [0.25, 0.3) is 0 Å². The van der Waals surface area contributed by atoms with Gasteiger partial charge >= 0.3 is 6.18 Å². The van der Waals surface area contributed by atoms with Gasteiger partial charge in [0.05, 0.1) is 17.0 Å². The minimum Gasteiger partial charge on any atom is -0.294 e. The molecule has 0 unspecified atom stereocenters. The summed E-state index contributed by atoms with van der Waals surface area (Å²) in [6.45, 7) is 4.49. The fraction of sp³-hybridized carbons (Fsp3) is 0.250. The summed E-state index contributed by atoms with van der Waals surface area (Å²) in [5.74, 6) is 1.51. The number of pyridine rings is 1. The average Bonchev–Trinajstić information content (AvgIpc) is 2.89. The molecule has 184 valence electrons. The van der Waals surface area contributed by atoms with Gasteiger partial charge < -0.3 is 0 Å². The summed E-state index contributed by atoms with van der Waals surface area (Å²) < 4.78 is 38.5. The molecule has 0 N–H and O–H groups in total. The minimum absolute atomic E-state index is 0.456. The molecule has 3 heterocycles. The van der Waals surface area contributed by atoms with Gasteiger partial charge in [-0.3, -0.25) is 9.88 Å². The topological polar surface area (TPSA) is 41.9 Å². The van der Waals surface area contributed by atoms with Gasteiger partial charge in [0.1, 0.15) is 0 Å². The van der Waals surface area contributed by atoms with Crippen molar-refractivity contribution in [3.63, 3.8) is 0 Å². The van der Waals surface area contributed by atoms with Crippen LogP contribution in [0, 0.1) is 0 Å². The molecule has 4 aromatic rings. The molecule has 1 aliphatic rings. The number of aromatic nitrogens is 3. The Morgan fingerprint density at radius 2 is 1.64 bits per heavy atom. The third-order valence-electron chi connectivity index (χ3n) is 6.18. The Balaban J connectivity index is 1.23. The summed E-state index contributed by atoms with van der Waals surface area (Å²) in [6, 6.07) is 17.7. The lowest BCUT2D eigenvalue weighted by molar-refractivity contribution is -0.137. The number of rotatable bonds is 6. The Bertz CT molecular complexity index is 1320. The maximum atomic E-state index is 12.8. The molecular weight excluding hydrogens is 481 g/mol. The lowest BCUT2D eigenvalue weighted by atomic mass is 10.1. The van der Waals surface area contributed by atoms with Gasteiger partial charge in [-0.25, -0.2) is 9.97 Å². The summed E-state index contributed by atoms with van der Waals surface area (Å²) in [4.78, 5) is 17.3. The van der Waals surface area contributed by atoms with E-state index in [0.717, 1.165) is 72.0 Å². The zero-order valence-electron chi connectivity index (χ0n) is 19.8. The van der Waals surface area contributed by atoms with Crippen LogP contribution in [-0.4, -0.2) is 32.1 Å². The zero-order valence-corrected chi connectivity index (χ0v) is 20.6. The van der Waals surface area contributed by atoms with E-state index in [1.54, 1.807) is 6.20 Å². The van der Waals surface area contributed by atoms with Gasteiger partial charge in [0.15, 0.2) is 5.82 Å². The summed E-state index contributed by atoms with van der Waals surface area (Å²) >= 11 is 1.82. The second-order valence-corrected chi connectivity index (χ2v) is 10.0. The molecule has 0 atom stereocenters. The second-order valence-electron chi connectivity index (χ2n) is 8.71. The van der Waals surface area contributed by atoms with Crippen LogP contribution < -0.4 is 0 Å². The molecule has 5 rings (SSSR count). The van der Waals surface area contributed by atoms with E-state index in [9.17, 15) is 13.2 Å². The highest BCUT2D eigenvalue weighted by Gasteiger charge is 2.30. The number of hydrogen-bond donors (Lipinski definition) is 0. The Morgan fingerprint density at radius 1 is 0.889 bits per heavy atom. The first-order valence-corrected chi connectivity index (χ1v) is 12.8. The molecule has 0 amide bonds. The van der Waals surface area contributed by atoms with E-state index in [2.05, 4.69) is 63.2 Å². The van der Waals surface area contributed by atoms with Crippen LogP contribution in [0.4, 0.5) is 13.2 Å². The molecule has 0 aliphatic carbocycles. The molecule has 0 bridgehead atoms. The van der Waals surface area contributed by atoms with Crippen molar-refractivity contribution in [1.82, 2.24) is 19.9 Å². The van der Waals surface area contributed by atoms with Crippen LogP contribution in [0.15, 0.2) is 78.0 Å². The van der Waals surface area contributed by atoms with Gasteiger partial charge in [-0.1, -0.05) is 37.3 Å². The highest BCUT2D eigenvalue weighted by atomic mass is 32.2. The smallest absolute Gasteiger partial charge is 0.294 e. The van der Waals surface area contributed by atoms with Crippen molar-refractivity contribution in [2.75, 3.05) is 12.3 Å². The summed E-state index contributed by atoms with van der Waals surface area (Å²) in [7, 11) is 0. The number of halogens is 3. The fourth-order valence-corrected chi connectivity index (χ4v) is 4.95. The van der Waals surface area contributed by atoms with Gasteiger partial charge in [-0.05, 0) is 41.6 Å². The number of alkyl halides is 3. The summed E-state index contributed by atoms with van der Waals surface area (Å²) in [5.41, 5.74) is 5.11. The summed E-state index contributed by atoms with van der Waals surface area (Å²) in [6.07, 6.45) is 0.139. The van der Waals surface area contributed by atoms with E-state index >= 15 is 0 Å². The van der Waals surface area contributed by atoms with Gasteiger partial charge in [-0.15, -0.1) is 11.8 Å². The first kappa shape index (κ1) is 24.5. The molecule has 0 radical (unpaired) electrons. The number of thioether (sulfide) groups is 1. The van der Waals surface area contributed by atoms with E-state index in [4.69, 9.17) is 0 Å². The van der Waals surface area contributed by atoms with Crippen molar-refractivity contribution >= 4 is 11.8 Å². The molecule has 2 aromatic heterocycles. The van der Waals surface area contributed by atoms with Crippen LogP contribution in [0.2, 0.25) is 0 Å². The molecule has 1 aliphatic heterocycles. The second kappa shape index (κ2) is 10.4. The molecule has 8 heteroatoms. The van der Waals surface area contributed by atoms with Crippen molar-refractivity contribution in [2.24, 2.45) is 0 Å². The fourth-order valence-electron chi connectivity index (χ4n) is 4.29. The van der Waals surface area contributed by atoms with E-state index in [1.807, 2.05) is 18.0 Å². The lowest BCUT2D eigenvalue weighted by Gasteiger charge is -2.28. The maximum absolute atomic E-state index is 12.8. The standard InChI is InChI=1S/C28H25F3N4S/c1-2-36-24-10-6-20(7-11-24)25-12-3-19(15-32-25)17-35-14-13-26-22(18-35)16-33-27(34-26)21-4-8-23(9-5-21)28(29,30)31/h3-12,15-16H,2,13-14,17-18H2,1H3. The van der Waals surface area contributed by atoms with Gasteiger partial charge in [0, 0.05) is 60.0 Å². The van der Waals surface area contributed by atoms with E-state index in [0.29, 0.717) is 11.4 Å². The molecule has 0 saturated heterocycles. The number of nitrogens with zero attached hydrogens (tertiary/aromatic N) is 4. The van der Waals surface area contributed by atoms with Crippen LogP contribution in [0.1, 0.15) is 29.3 Å². The Kier molecular flexibility index (Phi) is 7.07. The third-order valence-corrected chi connectivity index (χ3v) is 7.07. The molecule has 0 spiro atoms. The van der Waals surface area contributed by atoms with Crippen LogP contribution in [0.3, 0.4) is 0 Å².